The summed E-state index contributed by atoms with van der Waals surface area (Å²) in [7, 11) is 3.23. The Kier molecular flexibility index (Phi) is 7.18. The number of hydrogen-bond acceptors (Lipinski definition) is 7. The molecule has 0 saturated carbocycles. The van der Waals surface area contributed by atoms with E-state index in [2.05, 4.69) is 15.0 Å². The fourth-order valence-electron chi connectivity index (χ4n) is 5.19. The van der Waals surface area contributed by atoms with Crippen molar-refractivity contribution in [2.24, 2.45) is 0 Å². The monoisotopic (exact) mass is 563 g/mol. The average molecular weight is 564 g/mol. The lowest BCUT2D eigenvalue weighted by Crippen LogP contribution is -2.15. The van der Waals surface area contributed by atoms with E-state index in [4.69, 9.17) is 14.2 Å². The Morgan fingerprint density at radius 1 is 0.976 bits per heavy atom. The van der Waals surface area contributed by atoms with Crippen LogP contribution in [-0.4, -0.2) is 50.9 Å². The molecule has 4 aromatic rings. The van der Waals surface area contributed by atoms with E-state index < -0.39 is 0 Å². The van der Waals surface area contributed by atoms with Gasteiger partial charge in [-0.2, -0.15) is 0 Å². The summed E-state index contributed by atoms with van der Waals surface area (Å²) >= 11 is 0. The van der Waals surface area contributed by atoms with E-state index in [1.807, 2.05) is 64.1 Å². The van der Waals surface area contributed by atoms with Crippen molar-refractivity contribution < 1.29 is 19.0 Å². The first-order valence-corrected chi connectivity index (χ1v) is 13.5. The first kappa shape index (κ1) is 26.8. The third-order valence-electron chi connectivity index (χ3n) is 7.17. The predicted molar refractivity (Wildman–Crippen MR) is 158 cm³/mol. The van der Waals surface area contributed by atoms with Crippen LogP contribution in [-0.2, 0) is 17.7 Å². The fourth-order valence-corrected chi connectivity index (χ4v) is 5.19. The molecule has 42 heavy (non-hydrogen) atoms. The van der Waals surface area contributed by atoms with Gasteiger partial charge < -0.3 is 28.3 Å². The number of esters is 1. The van der Waals surface area contributed by atoms with Gasteiger partial charge in [-0.15, -0.1) is 0 Å². The largest absolute Gasteiger partial charge is 0.497 e. The summed E-state index contributed by atoms with van der Waals surface area (Å²) in [6, 6.07) is 13.0. The van der Waals surface area contributed by atoms with Gasteiger partial charge in [0.15, 0.2) is 5.65 Å². The summed E-state index contributed by atoms with van der Waals surface area (Å²) in [5.74, 6) is 1.00. The highest BCUT2D eigenvalue weighted by Crippen LogP contribution is 2.29. The molecule has 4 heterocycles. The molecule has 0 spiro atoms. The minimum absolute atomic E-state index is 0.126. The Bertz CT molecular complexity index is 1940. The number of carbonyl (C=O) groups excluding carboxylic acids is 1. The molecule has 2 aromatic heterocycles. The minimum atomic E-state index is -0.371. The number of ether oxygens (including phenoxy) is 3. The summed E-state index contributed by atoms with van der Waals surface area (Å²) in [6.45, 7) is 2.54. The van der Waals surface area contributed by atoms with Gasteiger partial charge in [-0.25, -0.2) is 9.78 Å². The predicted octanol–water partition coefficient (Wildman–Crippen LogP) is 4.85. The summed E-state index contributed by atoms with van der Waals surface area (Å²) in [6.07, 6.45) is 11.1. The first-order valence-electron chi connectivity index (χ1n) is 13.5. The molecule has 2 aromatic carbocycles. The number of rotatable bonds is 9. The Labute approximate surface area is 241 Å². The number of nitrogens with one attached hydrogen (secondary N) is 1. The Hall–Kier alpha value is -5.38. The van der Waals surface area contributed by atoms with E-state index >= 15 is 0 Å². The maximum Gasteiger partial charge on any atom is 0.338 e. The SMILES string of the molecule is CCOC(=O)c1cccc(Cc2cn(Cc3ccc(OC)cc3OC)cc3c(=O)c(-c4c[nH]c5nccnc45)cn2-3)c1. The van der Waals surface area contributed by atoms with Gasteiger partial charge in [0.2, 0.25) is 5.43 Å². The quantitative estimate of drug-likeness (QED) is 0.250. The van der Waals surface area contributed by atoms with Crippen molar-refractivity contribution in [3.63, 3.8) is 0 Å². The van der Waals surface area contributed by atoms with E-state index in [1.165, 1.54) is 0 Å². The van der Waals surface area contributed by atoms with Crippen LogP contribution in [0.4, 0.5) is 0 Å². The zero-order valence-electron chi connectivity index (χ0n) is 23.5. The molecule has 0 bridgehead atoms. The number of nitrogens with zero attached hydrogens (tertiary/aromatic N) is 4. The number of hydrogen-bond donors (Lipinski definition) is 1. The van der Waals surface area contributed by atoms with Gasteiger partial charge in [-0.1, -0.05) is 12.1 Å². The van der Waals surface area contributed by atoms with Crippen LogP contribution in [0.15, 0.2) is 84.4 Å². The van der Waals surface area contributed by atoms with Crippen LogP contribution < -0.4 is 14.9 Å². The highest BCUT2D eigenvalue weighted by atomic mass is 16.5. The van der Waals surface area contributed by atoms with E-state index in [1.54, 1.807) is 45.8 Å². The third-order valence-corrected chi connectivity index (χ3v) is 7.17. The standard InChI is InChI=1S/C32H29N5O5/c1-4-42-32(39)21-7-5-6-20(12-21)13-23-17-36(16-22-8-9-24(40-2)14-28(22)41-3)19-27-30(38)26(18-37(23)27)25-15-35-31-29(25)33-10-11-34-31/h5-12,14-15,17-19H,4,13,16H2,1-3H3,(H,34,35). The zero-order valence-corrected chi connectivity index (χ0v) is 23.5. The van der Waals surface area contributed by atoms with E-state index in [-0.39, 0.29) is 11.4 Å². The van der Waals surface area contributed by atoms with Crippen LogP contribution in [0.5, 0.6) is 11.5 Å². The molecule has 0 amide bonds. The lowest BCUT2D eigenvalue weighted by atomic mass is 10.1. The molecule has 10 heteroatoms. The third kappa shape index (κ3) is 4.98. The molecule has 0 fully saturated rings. The summed E-state index contributed by atoms with van der Waals surface area (Å²) in [4.78, 5) is 38.2. The van der Waals surface area contributed by atoms with Crippen LogP contribution in [0.3, 0.4) is 0 Å². The van der Waals surface area contributed by atoms with Crippen LogP contribution in [0.2, 0.25) is 0 Å². The van der Waals surface area contributed by atoms with E-state index in [0.29, 0.717) is 64.6 Å². The lowest BCUT2D eigenvalue weighted by molar-refractivity contribution is 0.0526. The zero-order chi connectivity index (χ0) is 29.2. The summed E-state index contributed by atoms with van der Waals surface area (Å²) in [5.41, 5.74) is 5.99. The molecule has 0 saturated heterocycles. The smallest absolute Gasteiger partial charge is 0.338 e. The van der Waals surface area contributed by atoms with Crippen LogP contribution in [0.1, 0.15) is 34.1 Å². The van der Waals surface area contributed by atoms with E-state index in [0.717, 1.165) is 16.8 Å². The lowest BCUT2D eigenvalue weighted by Gasteiger charge is -2.18. The van der Waals surface area contributed by atoms with Crippen molar-refractivity contribution in [2.75, 3.05) is 20.8 Å². The number of H-pyrrole nitrogens is 1. The topological polar surface area (TPSA) is 113 Å². The molecular weight excluding hydrogens is 534 g/mol. The fraction of sp³-hybridized carbons (Fsp3) is 0.188. The molecule has 0 aliphatic carbocycles. The molecule has 1 N–H and O–H groups in total. The number of aromatic nitrogens is 5. The highest BCUT2D eigenvalue weighted by Gasteiger charge is 2.22. The van der Waals surface area contributed by atoms with Gasteiger partial charge in [0.25, 0.3) is 0 Å². The van der Waals surface area contributed by atoms with Gasteiger partial charge in [-0.05, 0) is 36.8 Å². The molecule has 212 valence electrons. The van der Waals surface area contributed by atoms with Gasteiger partial charge in [0.1, 0.15) is 22.7 Å². The highest BCUT2D eigenvalue weighted by molar-refractivity contribution is 5.91. The van der Waals surface area contributed by atoms with Crippen LogP contribution >= 0.6 is 0 Å². The first-order chi connectivity index (χ1) is 20.5. The molecule has 0 radical (unpaired) electrons. The second kappa shape index (κ2) is 11.2. The number of carbonyl (C=O) groups is 1. The molecular formula is C32H29N5O5. The molecule has 2 aliphatic heterocycles. The van der Waals surface area contributed by atoms with Crippen LogP contribution in [0.25, 0.3) is 28.0 Å². The Morgan fingerprint density at radius 3 is 2.64 bits per heavy atom. The summed E-state index contributed by atoms with van der Waals surface area (Å²) < 4.78 is 20.1. The van der Waals surface area contributed by atoms with Gasteiger partial charge in [0.05, 0.1) is 38.5 Å². The van der Waals surface area contributed by atoms with Crippen molar-refractivity contribution >= 4 is 17.1 Å². The maximum atomic E-state index is 13.9. The van der Waals surface area contributed by atoms with Crippen LogP contribution in [0, 0.1) is 0 Å². The summed E-state index contributed by atoms with van der Waals surface area (Å²) in [5, 5.41) is 0. The number of benzene rings is 2. The van der Waals surface area contributed by atoms with E-state index in [9.17, 15) is 9.59 Å². The Balaban J connectivity index is 1.48. The van der Waals surface area contributed by atoms with Gasteiger partial charge in [-0.3, -0.25) is 9.78 Å². The van der Waals surface area contributed by atoms with Crippen molar-refractivity contribution in [3.05, 3.63) is 112 Å². The number of methoxy groups -OCH3 is 2. The van der Waals surface area contributed by atoms with Crippen molar-refractivity contribution in [3.8, 4) is 28.3 Å². The molecule has 0 atom stereocenters. The normalized spacial score (nSPS) is 11.2. The van der Waals surface area contributed by atoms with Crippen molar-refractivity contribution in [1.82, 2.24) is 24.1 Å². The Morgan fingerprint density at radius 2 is 1.83 bits per heavy atom. The number of aromatic amines is 1. The molecule has 0 unspecified atom stereocenters. The van der Waals surface area contributed by atoms with Gasteiger partial charge >= 0.3 is 5.97 Å². The minimum Gasteiger partial charge on any atom is -0.497 e. The second-order valence-electron chi connectivity index (χ2n) is 9.78. The number of fused-ring (bicyclic) bond motifs is 2. The molecule has 2 aliphatic rings. The van der Waals surface area contributed by atoms with Gasteiger partial charge in [0, 0.05) is 66.5 Å². The average Bonchev–Trinajstić information content (AvgIpc) is 3.58. The van der Waals surface area contributed by atoms with Crippen molar-refractivity contribution in [2.45, 2.75) is 19.9 Å². The second-order valence-corrected chi connectivity index (χ2v) is 9.78. The van der Waals surface area contributed by atoms with Crippen molar-refractivity contribution in [1.29, 1.82) is 0 Å². The molecule has 6 rings (SSSR count). The molecule has 10 nitrogen and oxygen atoms in total. The maximum absolute atomic E-state index is 13.9.